The van der Waals surface area contributed by atoms with Crippen molar-refractivity contribution in [1.82, 2.24) is 9.99 Å². The second-order valence-electron chi connectivity index (χ2n) is 5.93. The van der Waals surface area contributed by atoms with Crippen molar-refractivity contribution in [2.24, 2.45) is 0 Å². The van der Waals surface area contributed by atoms with Gasteiger partial charge in [-0.15, -0.1) is 0 Å². The molecule has 24 heavy (non-hydrogen) atoms. The molecular formula is C14H19N3O6S. The number of hydrogen-bond acceptors (Lipinski definition) is 6. The van der Waals surface area contributed by atoms with E-state index in [4.69, 9.17) is 5.11 Å². The molecule has 3 heterocycles. The van der Waals surface area contributed by atoms with Gasteiger partial charge in [-0.1, -0.05) is 6.42 Å². The van der Waals surface area contributed by atoms with E-state index in [1.54, 1.807) is 11.8 Å². The van der Waals surface area contributed by atoms with E-state index in [1.165, 1.54) is 5.01 Å². The first-order valence-electron chi connectivity index (χ1n) is 7.66. The Morgan fingerprint density at radius 2 is 2.08 bits per heavy atom. The van der Waals surface area contributed by atoms with Crippen molar-refractivity contribution in [1.29, 1.82) is 0 Å². The molecule has 0 saturated carbocycles. The second-order valence-corrected chi connectivity index (χ2v) is 7.20. The first-order chi connectivity index (χ1) is 11.4. The van der Waals surface area contributed by atoms with Crippen LogP contribution in [0.1, 0.15) is 25.7 Å². The molecule has 0 aromatic carbocycles. The van der Waals surface area contributed by atoms with Crippen molar-refractivity contribution in [3.8, 4) is 17.5 Å². The van der Waals surface area contributed by atoms with Crippen LogP contribution in [-0.4, -0.2) is 60.2 Å². The Balaban J connectivity index is 1.77. The highest BCUT2D eigenvalue weighted by Gasteiger charge is 2.50. The molecule has 0 spiro atoms. The number of rotatable bonds is 6. The van der Waals surface area contributed by atoms with Gasteiger partial charge in [0.2, 0.25) is 5.88 Å². The quantitative estimate of drug-likeness (QED) is 0.375. The fourth-order valence-electron chi connectivity index (χ4n) is 3.28. The molecule has 0 aliphatic carbocycles. The van der Waals surface area contributed by atoms with Crippen molar-refractivity contribution in [2.45, 2.75) is 43.0 Å². The fourth-order valence-corrected chi connectivity index (χ4v) is 4.85. The van der Waals surface area contributed by atoms with Gasteiger partial charge in [-0.25, -0.2) is 9.80 Å². The highest BCUT2D eigenvalue weighted by atomic mass is 32.2. The number of aliphatic carboxylic acids is 1. The monoisotopic (exact) mass is 357 g/mol. The van der Waals surface area contributed by atoms with Crippen LogP contribution in [-0.2, 0) is 4.79 Å². The van der Waals surface area contributed by atoms with Crippen LogP contribution in [0.2, 0.25) is 0 Å². The second kappa shape index (κ2) is 6.34. The van der Waals surface area contributed by atoms with E-state index >= 15 is 0 Å². The van der Waals surface area contributed by atoms with Crippen LogP contribution in [0.25, 0.3) is 0 Å². The summed E-state index contributed by atoms with van der Waals surface area (Å²) in [6, 6.07) is 0.0909. The van der Waals surface area contributed by atoms with Gasteiger partial charge in [0.15, 0.2) is 5.75 Å². The lowest BCUT2D eigenvalue weighted by Crippen LogP contribution is -2.47. The maximum atomic E-state index is 12.3. The molecule has 3 rings (SSSR count). The number of nitrogens with zero attached hydrogens (tertiary/aromatic N) is 2. The standard InChI is InChI=1S/C14H19N3O6S/c18-8-5-10(19)16(13(8)22)17-12-7(15-14(17)23)6-24-9(12)3-1-2-4-11(20)21/h5,7,9,12,18-19,22H,1-4,6H2,(H,15,23)(H,20,21)/t7-,9-,12-/m0/s1. The smallest absolute Gasteiger partial charge is 0.337 e. The third-order valence-corrected chi connectivity index (χ3v) is 5.83. The highest BCUT2D eigenvalue weighted by molar-refractivity contribution is 8.00. The molecule has 0 radical (unpaired) electrons. The summed E-state index contributed by atoms with van der Waals surface area (Å²) in [5, 5.41) is 42.2. The number of urea groups is 1. The summed E-state index contributed by atoms with van der Waals surface area (Å²) in [4.78, 5) is 22.9. The Labute approximate surface area is 141 Å². The summed E-state index contributed by atoms with van der Waals surface area (Å²) in [5.74, 6) is -1.66. The van der Waals surface area contributed by atoms with E-state index in [0.717, 1.165) is 17.2 Å². The zero-order valence-corrected chi connectivity index (χ0v) is 13.6. The number of hydrogen-bond donors (Lipinski definition) is 5. The molecule has 1 aromatic heterocycles. The number of unbranched alkanes of at least 4 members (excludes halogenated alkanes) is 1. The van der Waals surface area contributed by atoms with Gasteiger partial charge >= 0.3 is 12.0 Å². The van der Waals surface area contributed by atoms with Crippen molar-refractivity contribution in [2.75, 3.05) is 10.8 Å². The van der Waals surface area contributed by atoms with Crippen LogP contribution in [0.5, 0.6) is 17.5 Å². The number of carboxylic acids is 1. The largest absolute Gasteiger partial charge is 0.503 e. The summed E-state index contributed by atoms with van der Waals surface area (Å²) < 4.78 is 0.908. The number of thioether (sulfide) groups is 1. The third kappa shape index (κ3) is 2.81. The number of nitrogens with one attached hydrogen (secondary N) is 1. The van der Waals surface area contributed by atoms with Gasteiger partial charge in [0.1, 0.15) is 0 Å². The Morgan fingerprint density at radius 1 is 1.33 bits per heavy atom. The number of carbonyl (C=O) groups excluding carboxylic acids is 1. The van der Waals surface area contributed by atoms with Crippen LogP contribution in [0.3, 0.4) is 0 Å². The number of aromatic nitrogens is 1. The first-order valence-corrected chi connectivity index (χ1v) is 8.71. The van der Waals surface area contributed by atoms with Gasteiger partial charge in [-0.05, 0) is 12.8 Å². The van der Waals surface area contributed by atoms with Crippen molar-refractivity contribution in [3.63, 3.8) is 0 Å². The van der Waals surface area contributed by atoms with E-state index in [9.17, 15) is 24.9 Å². The summed E-state index contributed by atoms with van der Waals surface area (Å²) in [6.07, 6.45) is 2.11. The normalized spacial score (nSPS) is 25.8. The lowest BCUT2D eigenvalue weighted by molar-refractivity contribution is -0.137. The molecule has 2 fully saturated rings. The minimum Gasteiger partial charge on any atom is -0.503 e. The lowest BCUT2D eigenvalue weighted by atomic mass is 10.0. The zero-order chi connectivity index (χ0) is 17.4. The Bertz CT molecular complexity index is 663. The van der Waals surface area contributed by atoms with Crippen LogP contribution in [0.4, 0.5) is 4.79 Å². The molecule has 5 N–H and O–H groups in total. The first kappa shape index (κ1) is 16.6. The third-order valence-electron chi connectivity index (χ3n) is 4.34. The van der Waals surface area contributed by atoms with Gasteiger partial charge in [0.25, 0.3) is 5.88 Å². The van der Waals surface area contributed by atoms with Crippen LogP contribution in [0.15, 0.2) is 6.07 Å². The average molecular weight is 357 g/mol. The molecule has 0 bridgehead atoms. The molecule has 3 atom stereocenters. The highest BCUT2D eigenvalue weighted by Crippen LogP contribution is 2.41. The molecule has 10 heteroatoms. The predicted molar refractivity (Wildman–Crippen MR) is 86.1 cm³/mol. The molecule has 9 nitrogen and oxygen atoms in total. The minimum absolute atomic E-state index is 0.0473. The molecular weight excluding hydrogens is 338 g/mol. The average Bonchev–Trinajstić information content (AvgIpc) is 3.10. The number of aromatic hydroxyl groups is 3. The predicted octanol–water partition coefficient (Wildman–Crippen LogP) is 0.764. The van der Waals surface area contributed by atoms with Crippen molar-refractivity contribution >= 4 is 23.8 Å². The fraction of sp³-hybridized carbons (Fsp3) is 0.571. The van der Waals surface area contributed by atoms with E-state index in [-0.39, 0.29) is 23.8 Å². The maximum absolute atomic E-state index is 12.3. The Hall–Kier alpha value is -2.23. The van der Waals surface area contributed by atoms with E-state index in [1.807, 2.05) is 0 Å². The lowest BCUT2D eigenvalue weighted by Gasteiger charge is -2.28. The van der Waals surface area contributed by atoms with Crippen LogP contribution < -0.4 is 10.3 Å². The minimum atomic E-state index is -0.830. The van der Waals surface area contributed by atoms with E-state index in [2.05, 4.69) is 5.32 Å². The summed E-state index contributed by atoms with van der Waals surface area (Å²) in [6.45, 7) is 0. The molecule has 132 valence electrons. The summed E-state index contributed by atoms with van der Waals surface area (Å²) in [5.41, 5.74) is 0. The van der Waals surface area contributed by atoms with Gasteiger partial charge in [-0.3, -0.25) is 4.79 Å². The van der Waals surface area contributed by atoms with Crippen LogP contribution >= 0.6 is 11.8 Å². The number of carbonyl (C=O) groups is 2. The molecule has 2 amide bonds. The number of carboxylic acid groups (broad SMARTS) is 1. The SMILES string of the molecule is O=C(O)CCCC[C@@H]1SC[C@@H]2NC(=O)N(n3c(O)cc(O)c3O)[C@@H]21. The van der Waals surface area contributed by atoms with Gasteiger partial charge in [0.05, 0.1) is 12.1 Å². The number of fused-ring (bicyclic) bond motifs is 1. The maximum Gasteiger partial charge on any atom is 0.337 e. The summed E-state index contributed by atoms with van der Waals surface area (Å²) in [7, 11) is 0. The van der Waals surface area contributed by atoms with Crippen LogP contribution in [0, 0.1) is 0 Å². The van der Waals surface area contributed by atoms with E-state index < -0.39 is 29.5 Å². The van der Waals surface area contributed by atoms with Gasteiger partial charge in [-0.2, -0.15) is 16.4 Å². The van der Waals surface area contributed by atoms with E-state index in [0.29, 0.717) is 18.6 Å². The Kier molecular flexibility index (Phi) is 4.39. The molecule has 2 aliphatic heterocycles. The Morgan fingerprint density at radius 3 is 2.71 bits per heavy atom. The zero-order valence-electron chi connectivity index (χ0n) is 12.8. The van der Waals surface area contributed by atoms with Crippen molar-refractivity contribution < 1.29 is 30.0 Å². The topological polar surface area (TPSA) is 135 Å². The summed E-state index contributed by atoms with van der Waals surface area (Å²) >= 11 is 1.67. The van der Waals surface area contributed by atoms with Gasteiger partial charge < -0.3 is 25.7 Å². The number of amides is 2. The molecule has 2 saturated heterocycles. The molecule has 0 unspecified atom stereocenters. The molecule has 1 aromatic rings. The molecule has 2 aliphatic rings. The van der Waals surface area contributed by atoms with Gasteiger partial charge in [0, 0.05) is 23.5 Å². The van der Waals surface area contributed by atoms with Crippen molar-refractivity contribution in [3.05, 3.63) is 6.07 Å².